The average molecular weight is 488 g/mol. The molecule has 1 N–H and O–H groups in total. The van der Waals surface area contributed by atoms with Crippen molar-refractivity contribution in [1.29, 1.82) is 0 Å². The Labute approximate surface area is 188 Å². The highest BCUT2D eigenvalue weighted by Crippen LogP contribution is 2.36. The molecule has 0 atom stereocenters. The molecule has 0 aliphatic carbocycles. The van der Waals surface area contributed by atoms with Gasteiger partial charge in [0, 0.05) is 10.6 Å². The van der Waals surface area contributed by atoms with Gasteiger partial charge in [-0.2, -0.15) is 5.10 Å². The Balaban J connectivity index is 1.69. The van der Waals surface area contributed by atoms with E-state index < -0.39 is 0 Å². The lowest BCUT2D eigenvalue weighted by Gasteiger charge is -2.14. The molecule has 3 rings (SSSR count). The van der Waals surface area contributed by atoms with E-state index in [-0.39, 0.29) is 5.91 Å². The molecular formula is C23H20BrClN2O3. The van der Waals surface area contributed by atoms with Gasteiger partial charge in [-0.05, 0) is 70.4 Å². The van der Waals surface area contributed by atoms with Crippen molar-refractivity contribution >= 4 is 39.7 Å². The fourth-order valence-electron chi connectivity index (χ4n) is 2.74. The standard InChI is InChI=1S/C23H20BrClN2O3/c1-15-4-3-5-16(10-15)14-30-22-20(24)11-17(12-21(22)29-2)13-26-27-23(28)18-6-8-19(25)9-7-18/h3-13H,14H2,1-2H3,(H,27,28)/b26-13-. The minimum Gasteiger partial charge on any atom is -0.493 e. The summed E-state index contributed by atoms with van der Waals surface area (Å²) in [4.78, 5) is 12.1. The molecule has 5 nitrogen and oxygen atoms in total. The van der Waals surface area contributed by atoms with Crippen molar-refractivity contribution in [2.75, 3.05) is 7.11 Å². The van der Waals surface area contributed by atoms with Gasteiger partial charge in [0.1, 0.15) is 6.61 Å². The summed E-state index contributed by atoms with van der Waals surface area (Å²) >= 11 is 9.36. The summed E-state index contributed by atoms with van der Waals surface area (Å²) in [6, 6.07) is 18.3. The highest BCUT2D eigenvalue weighted by molar-refractivity contribution is 9.10. The molecule has 30 heavy (non-hydrogen) atoms. The highest BCUT2D eigenvalue weighted by Gasteiger charge is 2.12. The SMILES string of the molecule is COc1cc(/C=N\NC(=O)c2ccc(Cl)cc2)cc(Br)c1OCc1cccc(C)c1. The van der Waals surface area contributed by atoms with Crippen molar-refractivity contribution in [3.05, 3.63) is 92.4 Å². The molecule has 0 radical (unpaired) electrons. The third-order valence-corrected chi connectivity index (χ3v) is 5.04. The van der Waals surface area contributed by atoms with Crippen LogP contribution in [0.15, 0.2) is 70.2 Å². The van der Waals surface area contributed by atoms with Crippen LogP contribution in [-0.4, -0.2) is 19.2 Å². The molecule has 0 saturated carbocycles. The van der Waals surface area contributed by atoms with E-state index in [1.165, 1.54) is 11.8 Å². The molecule has 0 aromatic heterocycles. The molecule has 0 aliphatic heterocycles. The van der Waals surface area contributed by atoms with Crippen molar-refractivity contribution in [2.24, 2.45) is 5.10 Å². The maximum absolute atomic E-state index is 12.1. The molecule has 7 heteroatoms. The second-order valence-electron chi connectivity index (χ2n) is 6.52. The van der Waals surface area contributed by atoms with E-state index in [2.05, 4.69) is 32.5 Å². The molecule has 0 heterocycles. The second-order valence-corrected chi connectivity index (χ2v) is 7.81. The first-order chi connectivity index (χ1) is 14.5. The molecule has 3 aromatic carbocycles. The summed E-state index contributed by atoms with van der Waals surface area (Å²) in [6.45, 7) is 2.46. The number of rotatable bonds is 7. The number of benzene rings is 3. The van der Waals surface area contributed by atoms with Crippen LogP contribution in [0.2, 0.25) is 5.02 Å². The maximum atomic E-state index is 12.1. The first-order valence-electron chi connectivity index (χ1n) is 9.11. The quantitative estimate of drug-likeness (QED) is 0.340. The van der Waals surface area contributed by atoms with Crippen molar-refractivity contribution in [3.8, 4) is 11.5 Å². The zero-order chi connectivity index (χ0) is 21.5. The van der Waals surface area contributed by atoms with Gasteiger partial charge in [-0.1, -0.05) is 41.4 Å². The molecule has 0 spiro atoms. The molecular weight excluding hydrogens is 468 g/mol. The fourth-order valence-corrected chi connectivity index (χ4v) is 3.44. The van der Waals surface area contributed by atoms with Gasteiger partial charge in [0.05, 0.1) is 17.8 Å². The van der Waals surface area contributed by atoms with Crippen LogP contribution in [0.5, 0.6) is 11.5 Å². The Morgan fingerprint density at radius 1 is 1.17 bits per heavy atom. The van der Waals surface area contributed by atoms with Gasteiger partial charge >= 0.3 is 0 Å². The zero-order valence-corrected chi connectivity index (χ0v) is 18.8. The normalized spacial score (nSPS) is 10.8. The Kier molecular flexibility index (Phi) is 7.49. The summed E-state index contributed by atoms with van der Waals surface area (Å²) < 4.78 is 12.2. The topological polar surface area (TPSA) is 59.9 Å². The van der Waals surface area contributed by atoms with Gasteiger partial charge in [-0.15, -0.1) is 0 Å². The van der Waals surface area contributed by atoms with E-state index in [0.29, 0.717) is 28.7 Å². The van der Waals surface area contributed by atoms with Crippen LogP contribution in [0.4, 0.5) is 0 Å². The number of aryl methyl sites for hydroxylation is 1. The number of methoxy groups -OCH3 is 1. The van der Waals surface area contributed by atoms with Crippen LogP contribution in [0, 0.1) is 6.92 Å². The Bertz CT molecular complexity index is 1070. The lowest BCUT2D eigenvalue weighted by atomic mass is 10.1. The summed E-state index contributed by atoms with van der Waals surface area (Å²) in [5, 5.41) is 4.58. The number of hydrogen-bond donors (Lipinski definition) is 1. The number of carbonyl (C=O) groups is 1. The smallest absolute Gasteiger partial charge is 0.271 e. The molecule has 0 saturated heterocycles. The summed E-state index contributed by atoms with van der Waals surface area (Å²) in [5.41, 5.74) is 5.94. The minimum atomic E-state index is -0.327. The molecule has 0 fully saturated rings. The van der Waals surface area contributed by atoms with Gasteiger partial charge in [-0.3, -0.25) is 4.79 Å². The first-order valence-corrected chi connectivity index (χ1v) is 10.3. The molecule has 0 unspecified atom stereocenters. The number of nitrogens with one attached hydrogen (secondary N) is 1. The minimum absolute atomic E-state index is 0.327. The summed E-state index contributed by atoms with van der Waals surface area (Å²) in [7, 11) is 1.57. The molecule has 154 valence electrons. The first kappa shape index (κ1) is 21.9. The van der Waals surface area contributed by atoms with Crippen LogP contribution >= 0.6 is 27.5 Å². The number of hydrazone groups is 1. The largest absolute Gasteiger partial charge is 0.493 e. The fraction of sp³-hybridized carbons (Fsp3) is 0.130. The molecule has 1 amide bonds. The van der Waals surface area contributed by atoms with Crippen LogP contribution in [-0.2, 0) is 6.61 Å². The van der Waals surface area contributed by atoms with E-state index in [4.69, 9.17) is 21.1 Å². The van der Waals surface area contributed by atoms with Crippen LogP contribution in [0.25, 0.3) is 0 Å². The Morgan fingerprint density at radius 3 is 2.63 bits per heavy atom. The Morgan fingerprint density at radius 2 is 1.93 bits per heavy atom. The highest BCUT2D eigenvalue weighted by atomic mass is 79.9. The van der Waals surface area contributed by atoms with Gasteiger partial charge < -0.3 is 9.47 Å². The third kappa shape index (κ3) is 5.84. The molecule has 0 aliphatic rings. The monoisotopic (exact) mass is 486 g/mol. The van der Waals surface area contributed by atoms with E-state index in [1.807, 2.05) is 31.2 Å². The van der Waals surface area contributed by atoms with E-state index in [1.54, 1.807) is 37.4 Å². The van der Waals surface area contributed by atoms with Gasteiger partial charge in [-0.25, -0.2) is 5.43 Å². The van der Waals surface area contributed by atoms with Crippen LogP contribution in [0.3, 0.4) is 0 Å². The average Bonchev–Trinajstić information content (AvgIpc) is 2.73. The van der Waals surface area contributed by atoms with Gasteiger partial charge in [0.25, 0.3) is 5.91 Å². The number of nitrogens with zero attached hydrogens (tertiary/aromatic N) is 1. The molecule has 3 aromatic rings. The van der Waals surface area contributed by atoms with Gasteiger partial charge in [0.15, 0.2) is 11.5 Å². The van der Waals surface area contributed by atoms with Gasteiger partial charge in [0.2, 0.25) is 0 Å². The number of halogens is 2. The lowest BCUT2D eigenvalue weighted by Crippen LogP contribution is -2.17. The predicted octanol–water partition coefficient (Wildman–Crippen LogP) is 5.76. The maximum Gasteiger partial charge on any atom is 0.271 e. The second kappa shape index (κ2) is 10.3. The number of amides is 1. The Hall–Kier alpha value is -2.83. The predicted molar refractivity (Wildman–Crippen MR) is 123 cm³/mol. The third-order valence-electron chi connectivity index (χ3n) is 4.20. The number of carbonyl (C=O) groups excluding carboxylic acids is 1. The van der Waals surface area contributed by atoms with Crippen LogP contribution < -0.4 is 14.9 Å². The number of hydrogen-bond acceptors (Lipinski definition) is 4. The lowest BCUT2D eigenvalue weighted by molar-refractivity contribution is 0.0955. The van der Waals surface area contributed by atoms with Crippen molar-refractivity contribution in [3.63, 3.8) is 0 Å². The van der Waals surface area contributed by atoms with E-state index >= 15 is 0 Å². The summed E-state index contributed by atoms with van der Waals surface area (Å²) in [5.74, 6) is 0.830. The van der Waals surface area contributed by atoms with Crippen LogP contribution in [0.1, 0.15) is 27.0 Å². The van der Waals surface area contributed by atoms with E-state index in [9.17, 15) is 4.79 Å². The zero-order valence-electron chi connectivity index (χ0n) is 16.5. The van der Waals surface area contributed by atoms with Crippen molar-refractivity contribution < 1.29 is 14.3 Å². The number of ether oxygens (including phenoxy) is 2. The van der Waals surface area contributed by atoms with Crippen molar-refractivity contribution in [2.45, 2.75) is 13.5 Å². The molecule has 0 bridgehead atoms. The summed E-state index contributed by atoms with van der Waals surface area (Å²) in [6.07, 6.45) is 1.53. The van der Waals surface area contributed by atoms with Crippen molar-refractivity contribution in [1.82, 2.24) is 5.43 Å². The van der Waals surface area contributed by atoms with E-state index in [0.717, 1.165) is 15.6 Å².